The maximum absolute atomic E-state index is 13.5. The summed E-state index contributed by atoms with van der Waals surface area (Å²) in [6.07, 6.45) is 0. The van der Waals surface area contributed by atoms with Crippen LogP contribution in [0, 0.1) is 17.8 Å². The Morgan fingerprint density at radius 2 is 1.81 bits per heavy atom. The Kier molecular flexibility index (Phi) is 3.89. The van der Waals surface area contributed by atoms with Crippen molar-refractivity contribution in [2.24, 2.45) is 17.8 Å². The van der Waals surface area contributed by atoms with Crippen molar-refractivity contribution >= 4 is 39.3 Å². The summed E-state index contributed by atoms with van der Waals surface area (Å²) in [5.41, 5.74) is -0.424. The molecule has 2 saturated heterocycles. The van der Waals surface area contributed by atoms with Gasteiger partial charge in [-0.2, -0.15) is 0 Å². The quantitative estimate of drug-likeness (QED) is 0.667. The van der Waals surface area contributed by atoms with Crippen molar-refractivity contribution in [3.8, 4) is 0 Å². The second-order valence-electron chi connectivity index (χ2n) is 9.05. The second kappa shape index (κ2) is 5.64. The average molecular weight is 434 g/mol. The first kappa shape index (κ1) is 18.6. The third-order valence-electron chi connectivity index (χ3n) is 6.00. The van der Waals surface area contributed by atoms with E-state index in [0.29, 0.717) is 5.69 Å². The Morgan fingerprint density at radius 3 is 2.41 bits per heavy atom. The molecule has 0 aliphatic carbocycles. The van der Waals surface area contributed by atoms with Crippen LogP contribution in [0.25, 0.3) is 0 Å². The number of rotatable bonds is 1. The van der Waals surface area contributed by atoms with E-state index in [1.807, 2.05) is 52.8 Å². The van der Waals surface area contributed by atoms with E-state index < -0.39 is 22.9 Å². The van der Waals surface area contributed by atoms with E-state index in [2.05, 4.69) is 26.6 Å². The predicted molar refractivity (Wildman–Crippen MR) is 105 cm³/mol. The van der Waals surface area contributed by atoms with Crippen LogP contribution in [0.3, 0.4) is 0 Å². The van der Waals surface area contributed by atoms with Crippen molar-refractivity contribution in [3.05, 3.63) is 28.2 Å². The van der Waals surface area contributed by atoms with E-state index in [1.165, 1.54) is 4.90 Å². The zero-order valence-corrected chi connectivity index (χ0v) is 17.7. The Bertz CT molecular complexity index is 876. The molecule has 2 fully saturated rings. The minimum atomic E-state index is -1.22. The summed E-state index contributed by atoms with van der Waals surface area (Å²) < 4.78 is 0.827. The number of anilines is 1. The summed E-state index contributed by atoms with van der Waals surface area (Å²) in [4.78, 5) is 41.4. The van der Waals surface area contributed by atoms with E-state index in [-0.39, 0.29) is 29.7 Å². The molecule has 0 aromatic heterocycles. The zero-order chi connectivity index (χ0) is 19.9. The van der Waals surface area contributed by atoms with Crippen molar-refractivity contribution in [1.82, 2.24) is 10.2 Å². The van der Waals surface area contributed by atoms with Gasteiger partial charge in [-0.15, -0.1) is 0 Å². The number of nitrogens with zero attached hydrogens (tertiary/aromatic N) is 1. The van der Waals surface area contributed by atoms with E-state index >= 15 is 0 Å². The highest BCUT2D eigenvalue weighted by Crippen LogP contribution is 2.55. The van der Waals surface area contributed by atoms with Gasteiger partial charge in [0.25, 0.3) is 0 Å². The Labute approximate surface area is 167 Å². The van der Waals surface area contributed by atoms with Gasteiger partial charge in [0.1, 0.15) is 5.54 Å². The fourth-order valence-corrected chi connectivity index (χ4v) is 5.30. The van der Waals surface area contributed by atoms with E-state index in [9.17, 15) is 14.4 Å². The summed E-state index contributed by atoms with van der Waals surface area (Å²) >= 11 is 3.47. The van der Waals surface area contributed by atoms with Gasteiger partial charge in [0, 0.05) is 27.3 Å². The summed E-state index contributed by atoms with van der Waals surface area (Å²) in [5, 5.41) is 6.35. The van der Waals surface area contributed by atoms with Gasteiger partial charge in [0.15, 0.2) is 0 Å². The van der Waals surface area contributed by atoms with Crippen LogP contribution in [0.4, 0.5) is 5.69 Å². The predicted octanol–water partition coefficient (Wildman–Crippen LogP) is 2.62. The Morgan fingerprint density at radius 1 is 1.15 bits per heavy atom. The van der Waals surface area contributed by atoms with Gasteiger partial charge in [-0.05, 0) is 44.9 Å². The third kappa shape index (κ3) is 2.30. The number of halogens is 1. The lowest BCUT2D eigenvalue weighted by Crippen LogP contribution is -2.56. The number of benzene rings is 1. The highest BCUT2D eigenvalue weighted by molar-refractivity contribution is 9.10. The van der Waals surface area contributed by atoms with Gasteiger partial charge in [-0.1, -0.05) is 29.8 Å². The molecule has 3 amide bonds. The van der Waals surface area contributed by atoms with Crippen molar-refractivity contribution in [1.29, 1.82) is 0 Å². The Hall–Kier alpha value is -1.73. The molecule has 7 heteroatoms. The number of carbonyl (C=O) groups is 3. The fraction of sp³-hybridized carbons (Fsp3) is 0.550. The largest absolute Gasteiger partial charge is 0.324 e. The summed E-state index contributed by atoms with van der Waals surface area (Å²) in [7, 11) is 0. The topological polar surface area (TPSA) is 78.5 Å². The first-order valence-corrected chi connectivity index (χ1v) is 10.1. The molecule has 6 nitrogen and oxygen atoms in total. The summed E-state index contributed by atoms with van der Waals surface area (Å²) in [6.45, 7) is 9.59. The van der Waals surface area contributed by atoms with Gasteiger partial charge in [0.2, 0.25) is 17.7 Å². The number of hydrogen-bond acceptors (Lipinski definition) is 4. The average Bonchev–Trinajstić information content (AvgIpc) is 3.13. The molecule has 27 heavy (non-hydrogen) atoms. The maximum atomic E-state index is 13.5. The first-order valence-electron chi connectivity index (χ1n) is 9.27. The number of amides is 3. The third-order valence-corrected chi connectivity index (χ3v) is 6.49. The molecular weight excluding hydrogens is 410 g/mol. The van der Waals surface area contributed by atoms with Gasteiger partial charge < -0.3 is 5.32 Å². The van der Waals surface area contributed by atoms with Crippen LogP contribution in [0.15, 0.2) is 22.7 Å². The standard InChI is InChI=1S/C20H24BrN3O3/c1-9(2)15-13-14(17(26)24(16(13)25)19(3,4)5)20(23-15)11-8-10(21)6-7-12(11)22-18(20)27/h6-9,13-15,23H,1-5H3,(H,22,27)/t13-,14-,15+,20+/m0/s1. The molecule has 3 heterocycles. The molecule has 1 aromatic rings. The molecule has 0 radical (unpaired) electrons. The van der Waals surface area contributed by atoms with Crippen LogP contribution in [-0.2, 0) is 19.9 Å². The maximum Gasteiger partial charge on any atom is 0.250 e. The Balaban J connectivity index is 1.95. The first-order chi connectivity index (χ1) is 12.5. The number of fused-ring (bicyclic) bond motifs is 4. The molecule has 0 unspecified atom stereocenters. The lowest BCUT2D eigenvalue weighted by Gasteiger charge is -2.35. The number of nitrogens with one attached hydrogen (secondary N) is 2. The molecule has 0 saturated carbocycles. The molecule has 144 valence electrons. The zero-order valence-electron chi connectivity index (χ0n) is 16.1. The molecular formula is C20H24BrN3O3. The number of carbonyl (C=O) groups excluding carboxylic acids is 3. The second-order valence-corrected chi connectivity index (χ2v) is 9.97. The van der Waals surface area contributed by atoms with Gasteiger partial charge in [-0.25, -0.2) is 0 Å². The van der Waals surface area contributed by atoms with Gasteiger partial charge >= 0.3 is 0 Å². The summed E-state index contributed by atoms with van der Waals surface area (Å²) in [6, 6.07) is 5.30. The molecule has 2 N–H and O–H groups in total. The monoisotopic (exact) mass is 433 g/mol. The smallest absolute Gasteiger partial charge is 0.250 e. The normalized spacial score (nSPS) is 32.5. The molecule has 4 atom stereocenters. The van der Waals surface area contributed by atoms with Crippen molar-refractivity contribution in [2.75, 3.05) is 5.32 Å². The molecule has 1 spiro atoms. The highest BCUT2D eigenvalue weighted by atomic mass is 79.9. The number of imide groups is 1. The van der Waals surface area contributed by atoms with E-state index in [0.717, 1.165) is 10.0 Å². The van der Waals surface area contributed by atoms with Crippen molar-refractivity contribution in [2.45, 2.75) is 51.7 Å². The van der Waals surface area contributed by atoms with Gasteiger partial charge in [-0.3, -0.25) is 24.6 Å². The minimum Gasteiger partial charge on any atom is -0.324 e. The molecule has 1 aromatic carbocycles. The lowest BCUT2D eigenvalue weighted by molar-refractivity contribution is -0.148. The van der Waals surface area contributed by atoms with Crippen LogP contribution in [0.5, 0.6) is 0 Å². The van der Waals surface area contributed by atoms with E-state index in [4.69, 9.17) is 0 Å². The molecule has 3 aliphatic rings. The molecule has 3 aliphatic heterocycles. The van der Waals surface area contributed by atoms with Crippen LogP contribution in [0.2, 0.25) is 0 Å². The van der Waals surface area contributed by atoms with E-state index in [1.54, 1.807) is 0 Å². The minimum absolute atomic E-state index is 0.0950. The van der Waals surface area contributed by atoms with Crippen molar-refractivity contribution in [3.63, 3.8) is 0 Å². The SMILES string of the molecule is CC(C)[C@H]1N[C@@]2(C(=O)Nc3ccc(Br)cc32)[C@@H]2C(=O)N(C(C)(C)C)C(=O)[C@H]12. The molecule has 4 rings (SSSR count). The van der Waals surface area contributed by atoms with Crippen LogP contribution >= 0.6 is 15.9 Å². The van der Waals surface area contributed by atoms with Gasteiger partial charge in [0.05, 0.1) is 11.8 Å². The van der Waals surface area contributed by atoms with Crippen LogP contribution in [-0.4, -0.2) is 34.2 Å². The van der Waals surface area contributed by atoms with Crippen molar-refractivity contribution < 1.29 is 14.4 Å². The highest BCUT2D eigenvalue weighted by Gasteiger charge is 2.71. The summed E-state index contributed by atoms with van der Waals surface area (Å²) in [5.74, 6) is -1.91. The number of likely N-dealkylation sites (tertiary alicyclic amines) is 1. The number of hydrogen-bond donors (Lipinski definition) is 2. The fourth-order valence-electron chi connectivity index (χ4n) is 4.94. The van der Waals surface area contributed by atoms with Crippen LogP contribution in [0.1, 0.15) is 40.2 Å². The molecule has 0 bridgehead atoms. The van der Waals surface area contributed by atoms with Crippen LogP contribution < -0.4 is 10.6 Å². The lowest BCUT2D eigenvalue weighted by atomic mass is 9.76.